The molecule has 0 aromatic rings. The van der Waals surface area contributed by atoms with E-state index >= 15 is 0 Å². The van der Waals surface area contributed by atoms with Crippen molar-refractivity contribution in [3.05, 3.63) is 24.3 Å². The summed E-state index contributed by atoms with van der Waals surface area (Å²) in [5, 5.41) is 15.8. The summed E-state index contributed by atoms with van der Waals surface area (Å²) in [6.07, 6.45) is 8.92. The van der Waals surface area contributed by atoms with Crippen LogP contribution in [0.15, 0.2) is 24.3 Å². The zero-order valence-corrected chi connectivity index (χ0v) is 9.32. The van der Waals surface area contributed by atoms with Crippen molar-refractivity contribution < 1.29 is 19.8 Å². The van der Waals surface area contributed by atoms with Gasteiger partial charge in [-0.25, -0.2) is 0 Å². The zero-order chi connectivity index (χ0) is 12.4. The second-order valence-electron chi connectivity index (χ2n) is 3.52. The summed E-state index contributed by atoms with van der Waals surface area (Å²) in [6, 6.07) is 0. The SMILES string of the molecule is C=CC1=CCCCC1.O=C(O)CCC(=O)O. The highest BCUT2D eigenvalue weighted by molar-refractivity contribution is 5.75. The molecule has 90 valence electrons. The summed E-state index contributed by atoms with van der Waals surface area (Å²) < 4.78 is 0. The molecular weight excluding hydrogens is 208 g/mol. The third-order valence-corrected chi connectivity index (χ3v) is 2.14. The molecule has 0 heterocycles. The summed E-state index contributed by atoms with van der Waals surface area (Å²) in [4.78, 5) is 19.3. The van der Waals surface area contributed by atoms with Gasteiger partial charge < -0.3 is 10.2 Å². The number of carboxylic acids is 2. The van der Waals surface area contributed by atoms with Gasteiger partial charge in [0.2, 0.25) is 0 Å². The van der Waals surface area contributed by atoms with Crippen LogP contribution in [0.25, 0.3) is 0 Å². The van der Waals surface area contributed by atoms with E-state index in [0.29, 0.717) is 0 Å². The average molecular weight is 226 g/mol. The normalized spacial score (nSPS) is 14.1. The molecule has 16 heavy (non-hydrogen) atoms. The number of hydrogen-bond acceptors (Lipinski definition) is 2. The van der Waals surface area contributed by atoms with Gasteiger partial charge in [-0.3, -0.25) is 9.59 Å². The van der Waals surface area contributed by atoms with Crippen molar-refractivity contribution in [2.75, 3.05) is 0 Å². The minimum Gasteiger partial charge on any atom is -0.481 e. The lowest BCUT2D eigenvalue weighted by atomic mass is 10.0. The molecule has 0 bridgehead atoms. The second kappa shape index (κ2) is 8.71. The first-order valence-corrected chi connectivity index (χ1v) is 5.31. The van der Waals surface area contributed by atoms with Gasteiger partial charge in [0.1, 0.15) is 0 Å². The third-order valence-electron chi connectivity index (χ3n) is 2.14. The number of hydrogen-bond donors (Lipinski definition) is 2. The largest absolute Gasteiger partial charge is 0.481 e. The molecule has 0 amide bonds. The molecule has 0 fully saturated rings. The second-order valence-corrected chi connectivity index (χ2v) is 3.52. The molecule has 0 radical (unpaired) electrons. The zero-order valence-electron chi connectivity index (χ0n) is 9.32. The van der Waals surface area contributed by atoms with Crippen molar-refractivity contribution in [2.24, 2.45) is 0 Å². The predicted molar refractivity (Wildman–Crippen MR) is 61.3 cm³/mol. The maximum Gasteiger partial charge on any atom is 0.303 e. The number of carbonyl (C=O) groups is 2. The van der Waals surface area contributed by atoms with Gasteiger partial charge in [-0.05, 0) is 25.7 Å². The van der Waals surface area contributed by atoms with Crippen molar-refractivity contribution >= 4 is 11.9 Å². The summed E-state index contributed by atoms with van der Waals surface area (Å²) >= 11 is 0. The minimum absolute atomic E-state index is 0.296. The molecule has 0 aliphatic heterocycles. The Labute approximate surface area is 95.3 Å². The Hall–Kier alpha value is -1.58. The highest BCUT2D eigenvalue weighted by Gasteiger charge is 2.00. The molecule has 0 saturated heterocycles. The van der Waals surface area contributed by atoms with Crippen LogP contribution in [0, 0.1) is 0 Å². The van der Waals surface area contributed by atoms with Gasteiger partial charge in [0.15, 0.2) is 0 Å². The Kier molecular flexibility index (Phi) is 7.85. The van der Waals surface area contributed by atoms with E-state index in [0.717, 1.165) is 0 Å². The molecule has 1 aliphatic rings. The van der Waals surface area contributed by atoms with Crippen LogP contribution < -0.4 is 0 Å². The fraction of sp³-hybridized carbons (Fsp3) is 0.500. The van der Waals surface area contributed by atoms with Gasteiger partial charge in [0.05, 0.1) is 12.8 Å². The molecule has 0 saturated carbocycles. The Morgan fingerprint density at radius 2 is 1.81 bits per heavy atom. The van der Waals surface area contributed by atoms with Gasteiger partial charge in [0.25, 0.3) is 0 Å². The maximum atomic E-state index is 9.64. The smallest absolute Gasteiger partial charge is 0.303 e. The van der Waals surface area contributed by atoms with Gasteiger partial charge in [-0.15, -0.1) is 0 Å². The van der Waals surface area contributed by atoms with Crippen molar-refractivity contribution in [1.82, 2.24) is 0 Å². The van der Waals surface area contributed by atoms with Crippen LogP contribution >= 0.6 is 0 Å². The van der Waals surface area contributed by atoms with Crippen molar-refractivity contribution in [3.63, 3.8) is 0 Å². The van der Waals surface area contributed by atoms with Crippen LogP contribution in [0.2, 0.25) is 0 Å². The fourth-order valence-electron chi connectivity index (χ4n) is 1.26. The minimum atomic E-state index is -1.08. The molecule has 2 N–H and O–H groups in total. The quantitative estimate of drug-likeness (QED) is 0.772. The van der Waals surface area contributed by atoms with E-state index in [2.05, 4.69) is 12.7 Å². The summed E-state index contributed by atoms with van der Waals surface area (Å²) in [7, 11) is 0. The molecule has 4 nitrogen and oxygen atoms in total. The van der Waals surface area contributed by atoms with Crippen LogP contribution in [0.1, 0.15) is 38.5 Å². The van der Waals surface area contributed by atoms with Crippen LogP contribution in [-0.2, 0) is 9.59 Å². The first-order chi connectivity index (χ1) is 7.56. The molecule has 0 aromatic heterocycles. The van der Waals surface area contributed by atoms with E-state index in [9.17, 15) is 9.59 Å². The van der Waals surface area contributed by atoms with Crippen molar-refractivity contribution in [2.45, 2.75) is 38.5 Å². The maximum absolute atomic E-state index is 9.64. The Bertz CT molecular complexity index is 265. The standard InChI is InChI=1S/C8H12.C4H6O4/c1-2-8-6-4-3-5-7-8;5-3(6)1-2-4(7)8/h2,6H,1,3-5,7H2;1-2H2,(H,5,6)(H,7,8). The summed E-state index contributed by atoms with van der Waals surface area (Å²) in [5.74, 6) is -2.15. The number of allylic oxidation sites excluding steroid dienone is 3. The molecule has 0 atom stereocenters. The molecule has 1 rings (SSSR count). The van der Waals surface area contributed by atoms with Gasteiger partial charge in [-0.2, -0.15) is 0 Å². The molecule has 0 aromatic carbocycles. The molecule has 1 aliphatic carbocycles. The van der Waals surface area contributed by atoms with Gasteiger partial charge in [0, 0.05) is 0 Å². The Morgan fingerprint density at radius 3 is 2.06 bits per heavy atom. The van der Waals surface area contributed by atoms with E-state index < -0.39 is 11.9 Å². The summed E-state index contributed by atoms with van der Waals surface area (Å²) in [5.41, 5.74) is 1.44. The van der Waals surface area contributed by atoms with Crippen LogP contribution in [0.4, 0.5) is 0 Å². The first-order valence-electron chi connectivity index (χ1n) is 5.31. The van der Waals surface area contributed by atoms with Gasteiger partial charge >= 0.3 is 11.9 Å². The highest BCUT2D eigenvalue weighted by atomic mass is 16.4. The lowest BCUT2D eigenvalue weighted by Crippen LogP contribution is -2.00. The molecule has 0 unspecified atom stereocenters. The molecule has 0 spiro atoms. The van der Waals surface area contributed by atoms with Crippen LogP contribution in [0.3, 0.4) is 0 Å². The topological polar surface area (TPSA) is 74.6 Å². The van der Waals surface area contributed by atoms with Crippen molar-refractivity contribution in [1.29, 1.82) is 0 Å². The first kappa shape index (κ1) is 14.4. The lowest BCUT2D eigenvalue weighted by molar-refractivity contribution is -0.143. The van der Waals surface area contributed by atoms with Crippen LogP contribution in [0.5, 0.6) is 0 Å². The Morgan fingerprint density at radius 1 is 1.25 bits per heavy atom. The number of rotatable bonds is 4. The number of aliphatic carboxylic acids is 2. The van der Waals surface area contributed by atoms with Gasteiger partial charge in [-0.1, -0.05) is 24.3 Å². The molecular formula is C12H18O4. The number of carboxylic acid groups (broad SMARTS) is 2. The third kappa shape index (κ3) is 8.99. The predicted octanol–water partition coefficient (Wildman–Crippen LogP) is 2.61. The van der Waals surface area contributed by atoms with E-state index in [1.54, 1.807) is 0 Å². The van der Waals surface area contributed by atoms with E-state index in [-0.39, 0.29) is 12.8 Å². The van der Waals surface area contributed by atoms with E-state index in [1.165, 1.54) is 31.3 Å². The molecule has 4 heteroatoms. The Balaban J connectivity index is 0.000000281. The lowest BCUT2D eigenvalue weighted by Gasteiger charge is -2.06. The van der Waals surface area contributed by atoms with Crippen molar-refractivity contribution in [3.8, 4) is 0 Å². The average Bonchev–Trinajstić information content (AvgIpc) is 2.28. The van der Waals surface area contributed by atoms with Crippen LogP contribution in [-0.4, -0.2) is 22.2 Å². The highest BCUT2D eigenvalue weighted by Crippen LogP contribution is 2.16. The van der Waals surface area contributed by atoms with E-state index in [1.807, 2.05) is 6.08 Å². The van der Waals surface area contributed by atoms with E-state index in [4.69, 9.17) is 10.2 Å². The summed E-state index contributed by atoms with van der Waals surface area (Å²) in [6.45, 7) is 3.72. The fourth-order valence-corrected chi connectivity index (χ4v) is 1.26. The monoisotopic (exact) mass is 226 g/mol.